The highest BCUT2D eigenvalue weighted by Gasteiger charge is 2.53. The summed E-state index contributed by atoms with van der Waals surface area (Å²) in [4.78, 5) is 27.8. The second kappa shape index (κ2) is 7.98. The predicted octanol–water partition coefficient (Wildman–Crippen LogP) is 2.66. The summed E-state index contributed by atoms with van der Waals surface area (Å²) in [5.74, 6) is -0.195. The van der Waals surface area contributed by atoms with Gasteiger partial charge in [0.15, 0.2) is 29.4 Å². The van der Waals surface area contributed by atoms with Gasteiger partial charge < -0.3 is 14.7 Å². The maximum absolute atomic E-state index is 15.3. The predicted molar refractivity (Wildman–Crippen MR) is 115 cm³/mol. The van der Waals surface area contributed by atoms with E-state index in [1.165, 1.54) is 6.33 Å². The lowest BCUT2D eigenvalue weighted by Gasteiger charge is -2.29. The molecular formula is C21H31FN6O3. The van der Waals surface area contributed by atoms with E-state index in [-0.39, 0.29) is 24.4 Å². The van der Waals surface area contributed by atoms with Crippen LogP contribution in [0.15, 0.2) is 6.33 Å². The molecule has 0 unspecified atom stereocenters. The van der Waals surface area contributed by atoms with Crippen molar-refractivity contribution in [2.45, 2.75) is 71.0 Å². The van der Waals surface area contributed by atoms with Gasteiger partial charge in [-0.15, -0.1) is 0 Å². The Morgan fingerprint density at radius 1 is 1.45 bits per heavy atom. The molecule has 1 saturated carbocycles. The minimum Gasteiger partial charge on any atom is -0.393 e. The Kier molecular flexibility index (Phi) is 5.63. The van der Waals surface area contributed by atoms with Gasteiger partial charge in [-0.3, -0.25) is 14.7 Å². The summed E-state index contributed by atoms with van der Waals surface area (Å²) in [6, 6.07) is 0.357. The second-order valence-corrected chi connectivity index (χ2v) is 9.00. The summed E-state index contributed by atoms with van der Waals surface area (Å²) in [7, 11) is 1.94. The van der Waals surface area contributed by atoms with E-state index in [0.29, 0.717) is 29.4 Å². The molecule has 1 aliphatic carbocycles. The quantitative estimate of drug-likeness (QED) is 0.690. The molecule has 2 fully saturated rings. The fourth-order valence-corrected chi connectivity index (χ4v) is 4.14. The molecule has 3 heterocycles. The zero-order valence-corrected chi connectivity index (χ0v) is 18.7. The number of aromatic nitrogens is 4. The number of amides is 1. The highest BCUT2D eigenvalue weighted by molar-refractivity contribution is 5.92. The van der Waals surface area contributed by atoms with Crippen LogP contribution in [0.2, 0.25) is 0 Å². The highest BCUT2D eigenvalue weighted by Crippen LogP contribution is 2.46. The molecule has 31 heavy (non-hydrogen) atoms. The second-order valence-electron chi connectivity index (χ2n) is 9.00. The van der Waals surface area contributed by atoms with Crippen LogP contribution in [-0.4, -0.2) is 62.0 Å². The smallest absolute Gasteiger partial charge is 0.233 e. The van der Waals surface area contributed by atoms with Crippen LogP contribution in [0, 0.1) is 11.8 Å². The third-order valence-corrected chi connectivity index (χ3v) is 6.67. The number of nitrogens with zero attached hydrogens (tertiary/aromatic N) is 5. The van der Waals surface area contributed by atoms with Crippen molar-refractivity contribution >= 4 is 28.8 Å². The van der Waals surface area contributed by atoms with E-state index < -0.39 is 23.9 Å². The molecule has 1 amide bonds. The monoisotopic (exact) mass is 434 g/mol. The first-order valence-corrected chi connectivity index (χ1v) is 10.9. The number of hydrogen-bond acceptors (Lipinski definition) is 7. The Hall–Kier alpha value is -2.33. The standard InChI is InChI=1S/C21H31FN6O3/c1-6-21(9-29)12(4)14(22)19(31-21)28-10-23-15-16(27(5)13-7-8-13)24-20(25-17(15)28)26-18(30)11(2)3/h10-14,19,29H,6-9H2,1-5H3,(H,24,25,26,30)/t12-,14+,19+,21-/m0/s1. The van der Waals surface area contributed by atoms with Crippen molar-refractivity contribution < 1.29 is 19.0 Å². The molecule has 0 radical (unpaired) electrons. The number of aliphatic hydroxyl groups is 1. The molecule has 2 N–H and O–H groups in total. The maximum Gasteiger partial charge on any atom is 0.233 e. The van der Waals surface area contributed by atoms with Gasteiger partial charge in [0.25, 0.3) is 0 Å². The number of halogens is 1. The van der Waals surface area contributed by atoms with Gasteiger partial charge in [-0.25, -0.2) is 9.37 Å². The number of carbonyl (C=O) groups is 1. The van der Waals surface area contributed by atoms with Gasteiger partial charge in [0.05, 0.1) is 18.5 Å². The Labute approximate surface area is 181 Å². The van der Waals surface area contributed by atoms with E-state index in [9.17, 15) is 9.90 Å². The summed E-state index contributed by atoms with van der Waals surface area (Å²) in [6.45, 7) is 6.93. The zero-order valence-electron chi connectivity index (χ0n) is 18.7. The number of ether oxygens (including phenoxy) is 1. The molecule has 2 aromatic heterocycles. The van der Waals surface area contributed by atoms with Crippen molar-refractivity contribution in [3.8, 4) is 0 Å². The minimum atomic E-state index is -1.35. The number of aliphatic hydroxyl groups excluding tert-OH is 1. The number of alkyl halides is 1. The number of fused-ring (bicyclic) bond motifs is 1. The van der Waals surface area contributed by atoms with Crippen LogP contribution in [0.1, 0.15) is 53.2 Å². The number of nitrogens with one attached hydrogen (secondary N) is 1. The molecule has 0 aromatic carbocycles. The summed E-state index contributed by atoms with van der Waals surface area (Å²) in [5.41, 5.74) is -0.0459. The van der Waals surface area contributed by atoms with E-state index >= 15 is 4.39 Å². The van der Waals surface area contributed by atoms with Crippen molar-refractivity contribution in [1.29, 1.82) is 0 Å². The van der Waals surface area contributed by atoms with Crippen molar-refractivity contribution in [2.75, 3.05) is 23.9 Å². The van der Waals surface area contributed by atoms with E-state index in [1.807, 2.05) is 18.9 Å². The lowest BCUT2D eigenvalue weighted by Crippen LogP contribution is -2.39. The molecular weight excluding hydrogens is 403 g/mol. The van der Waals surface area contributed by atoms with Gasteiger partial charge in [-0.1, -0.05) is 27.7 Å². The topological polar surface area (TPSA) is 105 Å². The van der Waals surface area contributed by atoms with Gasteiger partial charge >= 0.3 is 0 Å². The van der Waals surface area contributed by atoms with E-state index in [2.05, 4.69) is 20.3 Å². The average molecular weight is 435 g/mol. The third kappa shape index (κ3) is 3.65. The first-order valence-electron chi connectivity index (χ1n) is 10.9. The molecule has 1 aliphatic heterocycles. The van der Waals surface area contributed by atoms with Crippen molar-refractivity contribution in [2.24, 2.45) is 11.8 Å². The molecule has 4 rings (SSSR count). The van der Waals surface area contributed by atoms with Crippen molar-refractivity contribution in [3.05, 3.63) is 6.33 Å². The molecule has 0 bridgehead atoms. The number of hydrogen-bond donors (Lipinski definition) is 2. The first-order chi connectivity index (χ1) is 14.7. The molecule has 9 nitrogen and oxygen atoms in total. The van der Waals surface area contributed by atoms with Crippen molar-refractivity contribution in [1.82, 2.24) is 19.5 Å². The van der Waals surface area contributed by atoms with Crippen LogP contribution < -0.4 is 10.2 Å². The summed E-state index contributed by atoms with van der Waals surface area (Å²) in [5, 5.41) is 12.7. The highest BCUT2D eigenvalue weighted by atomic mass is 19.1. The first kappa shape index (κ1) is 21.9. The molecule has 10 heteroatoms. The molecule has 4 atom stereocenters. The SMILES string of the molecule is CC[C@@]1(CO)O[C@@H](n2cnc3c(N(C)C4CC4)nc(NC(=O)C(C)C)nc32)[C@H](F)[C@@H]1C. The Morgan fingerprint density at radius 2 is 2.16 bits per heavy atom. The van der Waals surface area contributed by atoms with Gasteiger partial charge in [0.2, 0.25) is 11.9 Å². The number of imidazole rings is 1. The van der Waals surface area contributed by atoms with Gasteiger partial charge in [-0.2, -0.15) is 9.97 Å². The van der Waals surface area contributed by atoms with E-state index in [1.54, 1.807) is 25.3 Å². The van der Waals surface area contributed by atoms with Crippen LogP contribution in [0.5, 0.6) is 0 Å². The lowest BCUT2D eigenvalue weighted by molar-refractivity contribution is -0.118. The van der Waals surface area contributed by atoms with Gasteiger partial charge in [0, 0.05) is 24.9 Å². The Balaban J connectivity index is 1.80. The van der Waals surface area contributed by atoms with Crippen LogP contribution in [0.3, 0.4) is 0 Å². The Morgan fingerprint density at radius 3 is 2.71 bits per heavy atom. The molecule has 1 saturated heterocycles. The molecule has 2 aliphatic rings. The zero-order chi connectivity index (χ0) is 22.5. The van der Waals surface area contributed by atoms with Crippen LogP contribution >= 0.6 is 0 Å². The summed E-state index contributed by atoms with van der Waals surface area (Å²) in [6.07, 6.45) is 1.77. The number of carbonyl (C=O) groups excluding carboxylic acids is 1. The maximum atomic E-state index is 15.3. The lowest BCUT2D eigenvalue weighted by atomic mass is 9.86. The van der Waals surface area contributed by atoms with Crippen LogP contribution in [-0.2, 0) is 9.53 Å². The minimum absolute atomic E-state index is 0.154. The van der Waals surface area contributed by atoms with Crippen LogP contribution in [0.25, 0.3) is 11.2 Å². The van der Waals surface area contributed by atoms with E-state index in [0.717, 1.165) is 12.8 Å². The summed E-state index contributed by atoms with van der Waals surface area (Å²) < 4.78 is 23.0. The van der Waals surface area contributed by atoms with Gasteiger partial charge in [-0.05, 0) is 19.3 Å². The largest absolute Gasteiger partial charge is 0.393 e. The van der Waals surface area contributed by atoms with Crippen molar-refractivity contribution in [3.63, 3.8) is 0 Å². The fourth-order valence-electron chi connectivity index (χ4n) is 4.14. The third-order valence-electron chi connectivity index (χ3n) is 6.67. The molecule has 170 valence electrons. The Bertz CT molecular complexity index is 971. The number of rotatable bonds is 7. The van der Waals surface area contributed by atoms with Gasteiger partial charge in [0.1, 0.15) is 0 Å². The van der Waals surface area contributed by atoms with E-state index in [4.69, 9.17) is 4.74 Å². The van der Waals surface area contributed by atoms with Crippen LogP contribution in [0.4, 0.5) is 16.2 Å². The number of anilines is 2. The fraction of sp³-hybridized carbons (Fsp3) is 0.714. The average Bonchev–Trinajstić information content (AvgIpc) is 3.48. The molecule has 2 aromatic rings. The normalized spacial score (nSPS) is 28.5. The molecule has 0 spiro atoms. The summed E-state index contributed by atoms with van der Waals surface area (Å²) >= 11 is 0.